The van der Waals surface area contributed by atoms with Crippen molar-refractivity contribution >= 4 is 11.4 Å². The number of fused-ring (bicyclic) bond motifs is 1. The Morgan fingerprint density at radius 2 is 2.04 bits per heavy atom. The van der Waals surface area contributed by atoms with Crippen molar-refractivity contribution in [2.24, 2.45) is 5.92 Å². The number of piperidine rings is 1. The van der Waals surface area contributed by atoms with Gasteiger partial charge in [-0.15, -0.1) is 0 Å². The quantitative estimate of drug-likeness (QED) is 0.915. The molecule has 0 aromatic carbocycles. The minimum atomic E-state index is -4.15. The molecule has 1 aliphatic heterocycles. The average Bonchev–Trinajstić information content (AvgIpc) is 2.98. The van der Waals surface area contributed by atoms with Crippen LogP contribution in [0, 0.1) is 5.92 Å². The number of nitrogens with zero attached hydrogens (tertiary/aromatic N) is 2. The second-order valence-electron chi connectivity index (χ2n) is 6.75. The van der Waals surface area contributed by atoms with Gasteiger partial charge < -0.3 is 9.72 Å². The van der Waals surface area contributed by atoms with Crippen LogP contribution in [0.2, 0.25) is 0 Å². The highest BCUT2D eigenvalue weighted by molar-refractivity contribution is 5.95. The summed E-state index contributed by atoms with van der Waals surface area (Å²) in [6.45, 7) is 1.91. The predicted octanol–water partition coefficient (Wildman–Crippen LogP) is 3.33. The molecule has 7 heteroatoms. The van der Waals surface area contributed by atoms with Gasteiger partial charge in [0, 0.05) is 24.0 Å². The van der Waals surface area contributed by atoms with Crippen LogP contribution in [0.1, 0.15) is 30.1 Å². The van der Waals surface area contributed by atoms with Gasteiger partial charge >= 0.3 is 6.18 Å². The van der Waals surface area contributed by atoms with Gasteiger partial charge in [0.05, 0.1) is 12.1 Å². The van der Waals surface area contributed by atoms with E-state index in [2.05, 4.69) is 5.32 Å². The lowest BCUT2D eigenvalue weighted by Crippen LogP contribution is -2.46. The number of rotatable bonds is 4. The van der Waals surface area contributed by atoms with Crippen molar-refractivity contribution in [3.8, 4) is 0 Å². The zero-order valence-electron chi connectivity index (χ0n) is 14.1. The molecular weight excluding hydrogens is 331 g/mol. The van der Waals surface area contributed by atoms with Crippen molar-refractivity contribution in [1.29, 1.82) is 0 Å². The molecule has 0 radical (unpaired) electrons. The molecule has 3 heterocycles. The topological polar surface area (TPSA) is 36.8 Å². The molecule has 136 valence electrons. The Morgan fingerprint density at radius 3 is 2.68 bits per heavy atom. The van der Waals surface area contributed by atoms with Gasteiger partial charge in [0.25, 0.3) is 5.91 Å². The van der Waals surface area contributed by atoms with E-state index in [0.717, 1.165) is 5.52 Å². The maximum Gasteiger partial charge on any atom is 0.401 e. The zero-order valence-corrected chi connectivity index (χ0v) is 14.1. The van der Waals surface area contributed by atoms with E-state index < -0.39 is 12.7 Å². The number of nitrogens with one attached hydrogen (secondary N) is 1. The van der Waals surface area contributed by atoms with Crippen molar-refractivity contribution in [2.75, 3.05) is 19.6 Å². The van der Waals surface area contributed by atoms with Crippen molar-refractivity contribution in [2.45, 2.75) is 32.0 Å². The maximum atomic E-state index is 12.4. The maximum absolute atomic E-state index is 12.4. The SMILES string of the molecule is CC(NC(=O)c1cc2ccccn2c1)C1CCN(CC(F)(F)F)CC1. The fourth-order valence-electron chi connectivity index (χ4n) is 3.45. The van der Waals surface area contributed by atoms with Gasteiger partial charge in [-0.2, -0.15) is 13.2 Å². The van der Waals surface area contributed by atoms with E-state index in [4.69, 9.17) is 0 Å². The van der Waals surface area contributed by atoms with E-state index in [1.807, 2.05) is 41.8 Å². The molecule has 4 nitrogen and oxygen atoms in total. The molecule has 1 fully saturated rings. The highest BCUT2D eigenvalue weighted by atomic mass is 19.4. The molecule has 25 heavy (non-hydrogen) atoms. The first kappa shape index (κ1) is 17.8. The summed E-state index contributed by atoms with van der Waals surface area (Å²) >= 11 is 0. The number of halogens is 3. The summed E-state index contributed by atoms with van der Waals surface area (Å²) in [5, 5.41) is 3.00. The normalized spacial score (nSPS) is 18.4. The molecule has 2 aromatic rings. The van der Waals surface area contributed by atoms with Crippen LogP contribution in [0.3, 0.4) is 0 Å². The number of likely N-dealkylation sites (tertiary alicyclic amines) is 1. The first-order valence-corrected chi connectivity index (χ1v) is 8.48. The van der Waals surface area contributed by atoms with Crippen LogP contribution in [0.5, 0.6) is 0 Å². The van der Waals surface area contributed by atoms with Gasteiger partial charge in [0.1, 0.15) is 0 Å². The molecule has 1 unspecified atom stereocenters. The summed E-state index contributed by atoms with van der Waals surface area (Å²) < 4.78 is 39.2. The lowest BCUT2D eigenvalue weighted by atomic mass is 9.90. The fourth-order valence-corrected chi connectivity index (χ4v) is 3.45. The van der Waals surface area contributed by atoms with E-state index in [1.165, 1.54) is 4.90 Å². The smallest absolute Gasteiger partial charge is 0.349 e. The second kappa shape index (κ2) is 7.07. The third kappa shape index (κ3) is 4.54. The van der Waals surface area contributed by atoms with Gasteiger partial charge in [-0.1, -0.05) is 6.07 Å². The molecule has 1 saturated heterocycles. The summed E-state index contributed by atoms with van der Waals surface area (Å²) in [6, 6.07) is 7.49. The minimum Gasteiger partial charge on any atom is -0.349 e. The lowest BCUT2D eigenvalue weighted by Gasteiger charge is -2.35. The van der Waals surface area contributed by atoms with Gasteiger partial charge in [-0.3, -0.25) is 9.69 Å². The molecule has 0 bridgehead atoms. The molecule has 0 aliphatic carbocycles. The molecule has 0 saturated carbocycles. The molecule has 1 amide bonds. The van der Waals surface area contributed by atoms with Crippen molar-refractivity contribution in [3.05, 3.63) is 42.2 Å². The first-order chi connectivity index (χ1) is 11.8. The molecule has 1 atom stereocenters. The Morgan fingerprint density at radius 1 is 1.32 bits per heavy atom. The van der Waals surface area contributed by atoms with Crippen LogP contribution >= 0.6 is 0 Å². The Labute approximate surface area is 144 Å². The number of pyridine rings is 1. The number of alkyl halides is 3. The van der Waals surface area contributed by atoms with Crippen LogP contribution < -0.4 is 5.32 Å². The minimum absolute atomic E-state index is 0.0662. The Balaban J connectivity index is 1.54. The van der Waals surface area contributed by atoms with Gasteiger partial charge in [-0.25, -0.2) is 0 Å². The monoisotopic (exact) mass is 353 g/mol. The molecule has 1 aliphatic rings. The lowest BCUT2D eigenvalue weighted by molar-refractivity contribution is -0.148. The number of amides is 1. The van der Waals surface area contributed by atoms with Crippen LogP contribution in [0.4, 0.5) is 13.2 Å². The predicted molar refractivity (Wildman–Crippen MR) is 89.5 cm³/mol. The van der Waals surface area contributed by atoms with Crippen molar-refractivity contribution in [3.63, 3.8) is 0 Å². The third-order valence-corrected chi connectivity index (χ3v) is 4.87. The first-order valence-electron chi connectivity index (χ1n) is 8.48. The summed E-state index contributed by atoms with van der Waals surface area (Å²) in [6.07, 6.45) is 0.837. The number of aromatic nitrogens is 1. The highest BCUT2D eigenvalue weighted by Crippen LogP contribution is 2.24. The zero-order chi connectivity index (χ0) is 18.0. The standard InChI is InChI=1S/C18H22F3N3O/c1-13(14-5-8-23(9-6-14)12-18(19,20)21)22-17(25)15-10-16-4-2-3-7-24(16)11-15/h2-4,7,10-11,13-14H,5-6,8-9,12H2,1H3,(H,22,25). The number of carbonyl (C=O) groups excluding carboxylic acids is 1. The Kier molecular flexibility index (Phi) is 5.03. The molecule has 1 N–H and O–H groups in total. The summed E-state index contributed by atoms with van der Waals surface area (Å²) in [5.74, 6) is 0.0550. The summed E-state index contributed by atoms with van der Waals surface area (Å²) in [7, 11) is 0. The van der Waals surface area contributed by atoms with Gasteiger partial charge in [-0.05, 0) is 57.0 Å². The summed E-state index contributed by atoms with van der Waals surface area (Å²) in [5.41, 5.74) is 1.54. The van der Waals surface area contributed by atoms with Crippen LogP contribution in [0.15, 0.2) is 36.7 Å². The molecule has 0 spiro atoms. The van der Waals surface area contributed by atoms with E-state index >= 15 is 0 Å². The molecule has 3 rings (SSSR count). The van der Waals surface area contributed by atoms with Gasteiger partial charge in [0.2, 0.25) is 0 Å². The van der Waals surface area contributed by atoms with E-state index in [9.17, 15) is 18.0 Å². The second-order valence-corrected chi connectivity index (χ2v) is 6.75. The van der Waals surface area contributed by atoms with E-state index in [-0.39, 0.29) is 17.9 Å². The van der Waals surface area contributed by atoms with E-state index in [0.29, 0.717) is 31.5 Å². The Hall–Kier alpha value is -2.02. The van der Waals surface area contributed by atoms with Crippen LogP contribution in [-0.4, -0.2) is 47.1 Å². The molecule has 2 aromatic heterocycles. The molecular formula is C18H22F3N3O. The fraction of sp³-hybridized carbons (Fsp3) is 0.500. The Bertz CT molecular complexity index is 699. The number of carbonyl (C=O) groups is 1. The van der Waals surface area contributed by atoms with Crippen LogP contribution in [-0.2, 0) is 0 Å². The van der Waals surface area contributed by atoms with Crippen LogP contribution in [0.25, 0.3) is 5.52 Å². The largest absolute Gasteiger partial charge is 0.401 e. The van der Waals surface area contributed by atoms with Crippen molar-refractivity contribution < 1.29 is 18.0 Å². The van der Waals surface area contributed by atoms with Gasteiger partial charge in [0.15, 0.2) is 0 Å². The third-order valence-electron chi connectivity index (χ3n) is 4.87. The van der Waals surface area contributed by atoms with E-state index in [1.54, 1.807) is 6.20 Å². The average molecular weight is 353 g/mol. The number of hydrogen-bond donors (Lipinski definition) is 1. The highest BCUT2D eigenvalue weighted by Gasteiger charge is 2.33. The summed E-state index contributed by atoms with van der Waals surface area (Å²) in [4.78, 5) is 13.9. The van der Waals surface area contributed by atoms with Crippen molar-refractivity contribution in [1.82, 2.24) is 14.6 Å². The number of hydrogen-bond acceptors (Lipinski definition) is 2.